The number of aromatic nitrogens is 2. The number of halogens is 1. The first-order valence-corrected chi connectivity index (χ1v) is 10.1. The van der Waals surface area contributed by atoms with Gasteiger partial charge in [0.2, 0.25) is 0 Å². The molecule has 0 atom stereocenters. The number of aliphatic imine (C=N–C) groups is 1. The predicted molar refractivity (Wildman–Crippen MR) is 83.0 cm³/mol. The van der Waals surface area contributed by atoms with Crippen LogP contribution in [0, 0.1) is 0 Å². The van der Waals surface area contributed by atoms with E-state index in [4.69, 9.17) is 0 Å². The summed E-state index contributed by atoms with van der Waals surface area (Å²) >= 11 is 3.41. The first kappa shape index (κ1) is 13.2. The number of aromatic amines is 1. The van der Waals surface area contributed by atoms with Crippen molar-refractivity contribution in [2.75, 3.05) is 0 Å². The average molecular weight is 322 g/mol. The van der Waals surface area contributed by atoms with Gasteiger partial charge >= 0.3 is 0 Å². The highest BCUT2D eigenvalue weighted by Gasteiger charge is 2.20. The third kappa shape index (κ3) is 3.17. The molecule has 0 bridgehead atoms. The van der Waals surface area contributed by atoms with Crippen molar-refractivity contribution in [2.24, 2.45) is 4.99 Å². The van der Waals surface area contributed by atoms with Crippen LogP contribution in [0.3, 0.4) is 0 Å². The van der Waals surface area contributed by atoms with Crippen molar-refractivity contribution in [1.82, 2.24) is 10.2 Å². The molecule has 0 aliphatic carbocycles. The van der Waals surface area contributed by atoms with Crippen molar-refractivity contribution in [3.63, 3.8) is 0 Å². The van der Waals surface area contributed by atoms with Gasteiger partial charge in [0.05, 0.1) is 25.7 Å². The van der Waals surface area contributed by atoms with E-state index in [1.165, 1.54) is 5.19 Å². The van der Waals surface area contributed by atoms with Gasteiger partial charge in [-0.1, -0.05) is 35.6 Å². The second kappa shape index (κ2) is 5.20. The van der Waals surface area contributed by atoms with Crippen LogP contribution in [0.25, 0.3) is 0 Å². The molecule has 2 rings (SSSR count). The number of nitrogens with one attached hydrogen (secondary N) is 1. The van der Waals surface area contributed by atoms with E-state index in [1.54, 1.807) is 0 Å². The number of benzene rings is 1. The molecule has 0 fully saturated rings. The predicted octanol–water partition coefficient (Wildman–Crippen LogP) is 3.47. The molecule has 5 heteroatoms. The van der Waals surface area contributed by atoms with Gasteiger partial charge in [-0.25, -0.2) is 0 Å². The lowest BCUT2D eigenvalue weighted by atomic mass is 10.3. The van der Waals surface area contributed by atoms with Crippen molar-refractivity contribution in [3.8, 4) is 0 Å². The maximum absolute atomic E-state index is 4.47. The fourth-order valence-corrected chi connectivity index (χ4v) is 3.30. The second-order valence-corrected chi connectivity index (χ2v) is 11.1. The van der Waals surface area contributed by atoms with Crippen molar-refractivity contribution in [2.45, 2.75) is 19.6 Å². The van der Waals surface area contributed by atoms with E-state index in [2.05, 4.69) is 50.8 Å². The summed E-state index contributed by atoms with van der Waals surface area (Å²) in [5.74, 6) is 0. The average Bonchev–Trinajstić information content (AvgIpc) is 2.76. The Morgan fingerprint density at radius 1 is 1.22 bits per heavy atom. The van der Waals surface area contributed by atoms with Crippen LogP contribution in [-0.4, -0.2) is 24.5 Å². The fraction of sp³-hybridized carbons (Fsp3) is 0.231. The molecule has 94 valence electrons. The molecule has 0 aliphatic heterocycles. The van der Waals surface area contributed by atoms with Gasteiger partial charge in [0.15, 0.2) is 0 Å². The third-order valence-electron chi connectivity index (χ3n) is 2.65. The van der Waals surface area contributed by atoms with E-state index in [1.807, 2.05) is 36.7 Å². The van der Waals surface area contributed by atoms with Gasteiger partial charge in [0.25, 0.3) is 0 Å². The summed E-state index contributed by atoms with van der Waals surface area (Å²) in [6.45, 7) is 6.90. The molecule has 18 heavy (non-hydrogen) atoms. The zero-order valence-electron chi connectivity index (χ0n) is 10.7. The highest BCUT2D eigenvalue weighted by Crippen LogP contribution is 2.16. The number of hydrogen-bond acceptors (Lipinski definition) is 2. The van der Waals surface area contributed by atoms with Gasteiger partial charge in [0.1, 0.15) is 0 Å². The lowest BCUT2D eigenvalue weighted by molar-refractivity contribution is 1.08. The molecule has 1 heterocycles. The summed E-state index contributed by atoms with van der Waals surface area (Å²) in [6, 6.07) is 7.92. The number of hydrogen-bond donors (Lipinski definition) is 1. The molecular formula is C13H16BrN3Si. The van der Waals surface area contributed by atoms with Gasteiger partial charge in [-0.05, 0) is 29.5 Å². The molecular weight excluding hydrogens is 306 g/mol. The van der Waals surface area contributed by atoms with Crippen LogP contribution in [-0.2, 0) is 0 Å². The summed E-state index contributed by atoms with van der Waals surface area (Å²) in [5.41, 5.74) is 1.96. The van der Waals surface area contributed by atoms with Crippen LogP contribution < -0.4 is 5.19 Å². The van der Waals surface area contributed by atoms with Crippen molar-refractivity contribution >= 4 is 41.1 Å². The van der Waals surface area contributed by atoms with E-state index in [0.29, 0.717) is 0 Å². The number of H-pyrrole nitrogens is 1. The Kier molecular flexibility index (Phi) is 3.82. The number of nitrogens with zero attached hydrogens (tertiary/aromatic N) is 2. The standard InChI is InChI=1S/C13H16BrN3Si/c1-18(2,3)13-9-16-17-12(13)8-15-11-6-4-10(14)5-7-11/h4-9H,1-3H3,(H,16,17). The first-order chi connectivity index (χ1) is 8.47. The van der Waals surface area contributed by atoms with Crippen molar-refractivity contribution in [3.05, 3.63) is 40.6 Å². The molecule has 1 aromatic heterocycles. The minimum atomic E-state index is -1.37. The van der Waals surface area contributed by atoms with Crippen LogP contribution in [0.1, 0.15) is 5.69 Å². The van der Waals surface area contributed by atoms with Gasteiger partial charge in [-0.15, -0.1) is 0 Å². The molecule has 0 unspecified atom stereocenters. The van der Waals surface area contributed by atoms with Gasteiger partial charge < -0.3 is 0 Å². The largest absolute Gasteiger partial charge is 0.277 e. The molecule has 1 N–H and O–H groups in total. The van der Waals surface area contributed by atoms with E-state index >= 15 is 0 Å². The van der Waals surface area contributed by atoms with Crippen LogP contribution in [0.15, 0.2) is 39.9 Å². The first-order valence-electron chi connectivity index (χ1n) is 5.80. The summed E-state index contributed by atoms with van der Waals surface area (Å²) < 4.78 is 1.06. The molecule has 0 saturated carbocycles. The molecule has 0 radical (unpaired) electrons. The van der Waals surface area contributed by atoms with E-state index in [-0.39, 0.29) is 0 Å². The molecule has 3 nitrogen and oxygen atoms in total. The Hall–Kier alpha value is -1.20. The van der Waals surface area contributed by atoms with Gasteiger partial charge in [-0.3, -0.25) is 10.1 Å². The van der Waals surface area contributed by atoms with Crippen molar-refractivity contribution < 1.29 is 0 Å². The summed E-state index contributed by atoms with van der Waals surface area (Å²) in [7, 11) is -1.37. The third-order valence-corrected chi connectivity index (χ3v) is 5.19. The normalized spacial score (nSPS) is 12.2. The summed E-state index contributed by atoms with van der Waals surface area (Å²) in [6.07, 6.45) is 3.79. The molecule has 2 aromatic rings. The van der Waals surface area contributed by atoms with E-state index < -0.39 is 8.07 Å². The molecule has 0 amide bonds. The van der Waals surface area contributed by atoms with Gasteiger partial charge in [-0.2, -0.15) is 5.10 Å². The Bertz CT molecular complexity index is 552. The second-order valence-electron chi connectivity index (χ2n) is 5.18. The molecule has 0 spiro atoms. The van der Waals surface area contributed by atoms with Crippen LogP contribution >= 0.6 is 15.9 Å². The smallest absolute Gasteiger partial charge is 0.0825 e. The summed E-state index contributed by atoms with van der Waals surface area (Å²) in [5, 5.41) is 8.45. The lowest BCUT2D eigenvalue weighted by Gasteiger charge is -2.14. The Labute approximate surface area is 116 Å². The van der Waals surface area contributed by atoms with Crippen LogP contribution in [0.4, 0.5) is 5.69 Å². The minimum absolute atomic E-state index is 0.939. The SMILES string of the molecule is C[Si](C)(C)c1cn[nH]c1C=Nc1ccc(Br)cc1. The monoisotopic (exact) mass is 321 g/mol. The Morgan fingerprint density at radius 3 is 2.50 bits per heavy atom. The highest BCUT2D eigenvalue weighted by molar-refractivity contribution is 9.10. The maximum atomic E-state index is 4.47. The Morgan fingerprint density at radius 2 is 1.89 bits per heavy atom. The van der Waals surface area contributed by atoms with Crippen LogP contribution in [0.5, 0.6) is 0 Å². The van der Waals surface area contributed by atoms with E-state index in [9.17, 15) is 0 Å². The minimum Gasteiger partial charge on any atom is -0.277 e. The highest BCUT2D eigenvalue weighted by atomic mass is 79.9. The number of rotatable bonds is 3. The molecule has 0 aliphatic rings. The molecule has 0 saturated heterocycles. The summed E-state index contributed by atoms with van der Waals surface area (Å²) in [4.78, 5) is 4.47. The van der Waals surface area contributed by atoms with Gasteiger partial charge in [0, 0.05) is 10.7 Å². The topological polar surface area (TPSA) is 41.0 Å². The van der Waals surface area contributed by atoms with Crippen molar-refractivity contribution in [1.29, 1.82) is 0 Å². The fourth-order valence-electron chi connectivity index (χ4n) is 1.66. The Balaban J connectivity index is 2.24. The zero-order chi connectivity index (χ0) is 13.2. The quantitative estimate of drug-likeness (QED) is 0.682. The molecule has 1 aromatic carbocycles. The maximum Gasteiger partial charge on any atom is 0.0825 e. The lowest BCUT2D eigenvalue weighted by Crippen LogP contribution is -2.39. The van der Waals surface area contributed by atoms with E-state index in [0.717, 1.165) is 15.9 Å². The van der Waals surface area contributed by atoms with Crippen LogP contribution in [0.2, 0.25) is 19.6 Å². The zero-order valence-corrected chi connectivity index (χ0v) is 13.3.